The fourth-order valence-electron chi connectivity index (χ4n) is 1.94. The van der Waals surface area contributed by atoms with Gasteiger partial charge in [0.1, 0.15) is 0 Å². The predicted octanol–water partition coefficient (Wildman–Crippen LogP) is 0.404. The molecule has 0 aromatic rings. The van der Waals surface area contributed by atoms with Crippen molar-refractivity contribution in [2.45, 2.75) is 57.7 Å². The highest BCUT2D eigenvalue weighted by atomic mass is 16.3. The molecule has 1 rings (SSSR count). The summed E-state index contributed by atoms with van der Waals surface area (Å²) in [7, 11) is 0. The number of aliphatic hydroxyl groups excluding tert-OH is 1. The van der Waals surface area contributed by atoms with Crippen molar-refractivity contribution in [3.63, 3.8) is 0 Å². The molecule has 0 aromatic heterocycles. The van der Waals surface area contributed by atoms with Crippen LogP contribution >= 0.6 is 0 Å². The molecule has 0 aliphatic heterocycles. The van der Waals surface area contributed by atoms with E-state index in [0.717, 1.165) is 19.3 Å². The van der Waals surface area contributed by atoms with Gasteiger partial charge in [0.15, 0.2) is 0 Å². The number of carbonyl (C=O) groups excluding carboxylic acids is 1. The average Bonchev–Trinajstić information content (AvgIpc) is 2.50. The van der Waals surface area contributed by atoms with Crippen LogP contribution in [0, 0.1) is 0 Å². The highest BCUT2D eigenvalue weighted by Gasteiger charge is 2.24. The lowest BCUT2D eigenvalue weighted by atomic mass is 10.2. The van der Waals surface area contributed by atoms with Gasteiger partial charge in [0.2, 0.25) is 5.91 Å². The predicted molar refractivity (Wildman–Crippen MR) is 59.5 cm³/mol. The molecule has 4 nitrogen and oxygen atoms in total. The Labute approximate surface area is 91.4 Å². The van der Waals surface area contributed by atoms with Gasteiger partial charge in [-0.1, -0.05) is 0 Å². The second kappa shape index (κ2) is 6.08. The number of carbonyl (C=O) groups is 1. The van der Waals surface area contributed by atoms with Crippen LogP contribution in [0.1, 0.15) is 39.5 Å². The zero-order chi connectivity index (χ0) is 11.3. The third kappa shape index (κ3) is 4.62. The van der Waals surface area contributed by atoms with Gasteiger partial charge in [-0.05, 0) is 33.1 Å². The van der Waals surface area contributed by atoms with E-state index < -0.39 is 0 Å². The van der Waals surface area contributed by atoms with E-state index in [1.807, 2.05) is 13.8 Å². The lowest BCUT2D eigenvalue weighted by molar-refractivity contribution is -0.121. The Kier molecular flexibility index (Phi) is 5.05. The zero-order valence-corrected chi connectivity index (χ0v) is 9.62. The Morgan fingerprint density at radius 3 is 2.73 bits per heavy atom. The summed E-state index contributed by atoms with van der Waals surface area (Å²) in [5.74, 6) is 0.0741. The lowest BCUT2D eigenvalue weighted by Crippen LogP contribution is -2.39. The Hall–Kier alpha value is -0.610. The van der Waals surface area contributed by atoms with Gasteiger partial charge in [0.05, 0.1) is 6.10 Å². The molecule has 0 heterocycles. The molecule has 1 aliphatic rings. The highest BCUT2D eigenvalue weighted by Crippen LogP contribution is 2.18. The van der Waals surface area contributed by atoms with Crippen LogP contribution in [0.15, 0.2) is 0 Å². The molecule has 1 fully saturated rings. The van der Waals surface area contributed by atoms with Crippen LogP contribution in [0.2, 0.25) is 0 Å². The minimum atomic E-state index is -0.224. The second-order valence-corrected chi connectivity index (χ2v) is 4.53. The van der Waals surface area contributed by atoms with Gasteiger partial charge in [0, 0.05) is 25.0 Å². The largest absolute Gasteiger partial charge is 0.392 e. The van der Waals surface area contributed by atoms with E-state index in [1.165, 1.54) is 0 Å². The van der Waals surface area contributed by atoms with Crippen molar-refractivity contribution in [3.05, 3.63) is 0 Å². The summed E-state index contributed by atoms with van der Waals surface area (Å²) in [5, 5.41) is 15.6. The normalized spacial score (nSPS) is 25.9. The van der Waals surface area contributed by atoms with Gasteiger partial charge < -0.3 is 15.7 Å². The van der Waals surface area contributed by atoms with E-state index in [1.54, 1.807) is 0 Å². The first-order chi connectivity index (χ1) is 7.09. The van der Waals surface area contributed by atoms with Crippen LogP contribution in [0.5, 0.6) is 0 Å². The monoisotopic (exact) mass is 214 g/mol. The number of nitrogens with one attached hydrogen (secondary N) is 2. The number of rotatable bonds is 5. The Morgan fingerprint density at radius 2 is 2.20 bits per heavy atom. The quantitative estimate of drug-likeness (QED) is 0.621. The lowest BCUT2D eigenvalue weighted by Gasteiger charge is -2.16. The first-order valence-corrected chi connectivity index (χ1v) is 5.80. The number of hydrogen-bond acceptors (Lipinski definition) is 3. The van der Waals surface area contributed by atoms with Gasteiger partial charge in [-0.3, -0.25) is 4.79 Å². The van der Waals surface area contributed by atoms with Crippen molar-refractivity contribution in [1.29, 1.82) is 0 Å². The minimum Gasteiger partial charge on any atom is -0.392 e. The molecule has 0 radical (unpaired) electrons. The molecule has 4 heteroatoms. The molecule has 2 atom stereocenters. The number of aliphatic hydroxyl groups is 1. The summed E-state index contributed by atoms with van der Waals surface area (Å²) in [6.45, 7) is 4.55. The van der Waals surface area contributed by atoms with E-state index >= 15 is 0 Å². The Bertz CT molecular complexity index is 207. The topological polar surface area (TPSA) is 61.4 Å². The maximum atomic E-state index is 11.3. The van der Waals surface area contributed by atoms with Gasteiger partial charge in [-0.15, -0.1) is 0 Å². The molecule has 88 valence electrons. The molecule has 15 heavy (non-hydrogen) atoms. The number of hydrogen-bond donors (Lipinski definition) is 3. The van der Waals surface area contributed by atoms with Crippen molar-refractivity contribution in [2.24, 2.45) is 0 Å². The van der Waals surface area contributed by atoms with Crippen LogP contribution in [0.3, 0.4) is 0 Å². The van der Waals surface area contributed by atoms with Gasteiger partial charge in [-0.25, -0.2) is 0 Å². The third-order valence-electron chi connectivity index (χ3n) is 2.69. The summed E-state index contributed by atoms with van der Waals surface area (Å²) in [5.41, 5.74) is 0. The van der Waals surface area contributed by atoms with Crippen LogP contribution < -0.4 is 10.6 Å². The average molecular weight is 214 g/mol. The first kappa shape index (κ1) is 12.5. The fraction of sp³-hybridized carbons (Fsp3) is 0.909. The fourth-order valence-corrected chi connectivity index (χ4v) is 1.94. The summed E-state index contributed by atoms with van der Waals surface area (Å²) in [6, 6.07) is 0.395. The second-order valence-electron chi connectivity index (χ2n) is 4.53. The van der Waals surface area contributed by atoms with Crippen LogP contribution in [-0.4, -0.2) is 35.7 Å². The molecule has 3 N–H and O–H groups in total. The van der Waals surface area contributed by atoms with Crippen LogP contribution in [0.25, 0.3) is 0 Å². The van der Waals surface area contributed by atoms with E-state index in [-0.39, 0.29) is 24.1 Å². The molecule has 0 unspecified atom stereocenters. The number of amides is 1. The van der Waals surface area contributed by atoms with Crippen LogP contribution in [0.4, 0.5) is 0 Å². The molecule has 0 bridgehead atoms. The minimum absolute atomic E-state index is 0.0741. The van der Waals surface area contributed by atoms with Crippen molar-refractivity contribution < 1.29 is 9.90 Å². The van der Waals surface area contributed by atoms with Crippen molar-refractivity contribution in [3.8, 4) is 0 Å². The molecule has 0 saturated heterocycles. The standard InChI is InChI=1S/C11H22N2O2/c1-8(2)13-11(15)6-7-12-9-4-3-5-10(9)14/h8-10,12,14H,3-7H2,1-2H3,(H,13,15)/t9-,10-/m0/s1. The molecule has 1 aliphatic carbocycles. The highest BCUT2D eigenvalue weighted by molar-refractivity contribution is 5.76. The van der Waals surface area contributed by atoms with Crippen molar-refractivity contribution >= 4 is 5.91 Å². The SMILES string of the molecule is CC(C)NC(=O)CCN[C@H]1CCC[C@@H]1O. The first-order valence-electron chi connectivity index (χ1n) is 5.80. The summed E-state index contributed by atoms with van der Waals surface area (Å²) in [4.78, 5) is 11.3. The van der Waals surface area contributed by atoms with Gasteiger partial charge >= 0.3 is 0 Å². The molecule has 0 spiro atoms. The van der Waals surface area contributed by atoms with Crippen LogP contribution in [-0.2, 0) is 4.79 Å². The van der Waals surface area contributed by atoms with E-state index in [0.29, 0.717) is 13.0 Å². The smallest absolute Gasteiger partial charge is 0.221 e. The molecule has 0 aromatic carbocycles. The molecular formula is C11H22N2O2. The molecular weight excluding hydrogens is 192 g/mol. The van der Waals surface area contributed by atoms with Gasteiger partial charge in [-0.2, -0.15) is 0 Å². The van der Waals surface area contributed by atoms with Crippen molar-refractivity contribution in [1.82, 2.24) is 10.6 Å². The zero-order valence-electron chi connectivity index (χ0n) is 9.62. The summed E-state index contributed by atoms with van der Waals surface area (Å²) >= 11 is 0. The Morgan fingerprint density at radius 1 is 1.47 bits per heavy atom. The molecule has 1 saturated carbocycles. The van der Waals surface area contributed by atoms with Crippen molar-refractivity contribution in [2.75, 3.05) is 6.54 Å². The summed E-state index contributed by atoms with van der Waals surface area (Å²) < 4.78 is 0. The van der Waals surface area contributed by atoms with E-state index in [9.17, 15) is 9.90 Å². The van der Waals surface area contributed by atoms with E-state index in [2.05, 4.69) is 10.6 Å². The maximum Gasteiger partial charge on any atom is 0.221 e. The summed E-state index contributed by atoms with van der Waals surface area (Å²) in [6.07, 6.45) is 3.25. The molecule has 1 amide bonds. The van der Waals surface area contributed by atoms with Gasteiger partial charge in [0.25, 0.3) is 0 Å². The Balaban J connectivity index is 2.08. The third-order valence-corrected chi connectivity index (χ3v) is 2.69. The van der Waals surface area contributed by atoms with E-state index in [4.69, 9.17) is 0 Å². The maximum absolute atomic E-state index is 11.3.